The molecule has 0 spiro atoms. The topological polar surface area (TPSA) is 96.0 Å². The zero-order chi connectivity index (χ0) is 26.4. The Morgan fingerprint density at radius 2 is 1.49 bits per heavy atom. The second kappa shape index (κ2) is 12.0. The van der Waals surface area contributed by atoms with Crippen LogP contribution in [0.5, 0.6) is 0 Å². The van der Waals surface area contributed by atoms with Gasteiger partial charge in [0.2, 0.25) is 12.3 Å². The van der Waals surface area contributed by atoms with E-state index in [1.165, 1.54) is 16.7 Å². The minimum absolute atomic E-state index is 0.110. The Hall–Kier alpha value is -3.76. The molecule has 0 saturated heterocycles. The van der Waals surface area contributed by atoms with Crippen LogP contribution in [0.1, 0.15) is 6.42 Å². The fourth-order valence-corrected chi connectivity index (χ4v) is 5.77. The maximum absolute atomic E-state index is 13.1. The first-order valence-electron chi connectivity index (χ1n) is 11.4. The summed E-state index contributed by atoms with van der Waals surface area (Å²) in [5.74, 6) is -1.17. The molecular weight excluding hydrogens is 510 g/mol. The number of hydrogen-bond donors (Lipinski definition) is 1. The first kappa shape index (κ1) is 26.3. The van der Waals surface area contributed by atoms with Gasteiger partial charge in [-0.2, -0.15) is 0 Å². The molecule has 2 heterocycles. The lowest BCUT2D eigenvalue weighted by atomic mass is 10.2. The maximum Gasteiger partial charge on any atom is 0.307 e. The smallest absolute Gasteiger partial charge is 0.307 e. The van der Waals surface area contributed by atoms with Crippen LogP contribution in [0.4, 0.5) is 17.1 Å². The van der Waals surface area contributed by atoms with E-state index in [4.69, 9.17) is 4.74 Å². The summed E-state index contributed by atoms with van der Waals surface area (Å²) in [7, 11) is 3.38. The Morgan fingerprint density at radius 3 is 2.08 bits per heavy atom. The predicted octanol–water partition coefficient (Wildman–Crippen LogP) is 4.57. The van der Waals surface area contributed by atoms with E-state index in [2.05, 4.69) is 5.32 Å². The van der Waals surface area contributed by atoms with Crippen LogP contribution >= 0.6 is 23.5 Å². The first-order chi connectivity index (χ1) is 17.9. The normalized spacial score (nSPS) is 15.0. The van der Waals surface area contributed by atoms with Gasteiger partial charge in [0.15, 0.2) is 6.61 Å². The van der Waals surface area contributed by atoms with E-state index >= 15 is 0 Å². The van der Waals surface area contributed by atoms with Crippen molar-refractivity contribution in [2.24, 2.45) is 0 Å². The average molecular weight is 536 g/mol. The van der Waals surface area contributed by atoms with Gasteiger partial charge >= 0.3 is 5.97 Å². The molecule has 3 amide bonds. The van der Waals surface area contributed by atoms with Crippen molar-refractivity contribution in [1.29, 1.82) is 0 Å². The average Bonchev–Trinajstić information content (AvgIpc) is 2.91. The number of ether oxygens (including phenoxy) is 1. The number of nitrogens with one attached hydrogen (secondary N) is 1. The minimum Gasteiger partial charge on any atom is -0.455 e. The highest BCUT2D eigenvalue weighted by Crippen LogP contribution is 2.47. The molecule has 8 nitrogen and oxygen atoms in total. The number of nitrogens with zero attached hydrogens (tertiary/aromatic N) is 2. The van der Waals surface area contributed by atoms with Gasteiger partial charge in [0.05, 0.1) is 28.7 Å². The van der Waals surface area contributed by atoms with Crippen LogP contribution in [-0.2, 0) is 23.9 Å². The number of anilines is 3. The summed E-state index contributed by atoms with van der Waals surface area (Å²) in [5.41, 5.74) is 2.26. The number of para-hydroxylation sites is 3. The van der Waals surface area contributed by atoms with Gasteiger partial charge in [0.1, 0.15) is 0 Å². The standard InChI is InChI=1S/C24H18N2O4S2.C3H7NO/c27-22(26-16-8-2-5-11-19(16)32-20-12-6-3-9-17(20)26)14-30-23(28)13-21-24(29)25-15-7-1-4-10-18(15)31-21;1-4(2)3-5/h1-12,21H,13-14H2,(H,25,29);3H,1-2H3. The van der Waals surface area contributed by atoms with E-state index in [0.29, 0.717) is 0 Å². The molecule has 2 aliphatic heterocycles. The van der Waals surface area contributed by atoms with Gasteiger partial charge in [-0.05, 0) is 36.4 Å². The van der Waals surface area contributed by atoms with Crippen LogP contribution in [0.15, 0.2) is 87.5 Å². The van der Waals surface area contributed by atoms with Crippen molar-refractivity contribution in [2.75, 3.05) is 30.9 Å². The van der Waals surface area contributed by atoms with Gasteiger partial charge in [-0.15, -0.1) is 11.8 Å². The molecule has 37 heavy (non-hydrogen) atoms. The SMILES string of the molecule is CN(C)C=O.O=C(CC1Sc2ccccc2NC1=O)OCC(=O)N1c2ccccc2Sc2ccccc21. The van der Waals surface area contributed by atoms with Gasteiger partial charge in [-0.1, -0.05) is 48.2 Å². The number of carbonyl (C=O) groups excluding carboxylic acids is 4. The molecule has 0 bridgehead atoms. The van der Waals surface area contributed by atoms with Crippen LogP contribution in [0.3, 0.4) is 0 Å². The van der Waals surface area contributed by atoms with Crippen molar-refractivity contribution >= 4 is 64.8 Å². The monoisotopic (exact) mass is 535 g/mol. The van der Waals surface area contributed by atoms with Crippen molar-refractivity contribution in [2.45, 2.75) is 26.4 Å². The van der Waals surface area contributed by atoms with Gasteiger partial charge < -0.3 is 15.0 Å². The molecule has 1 unspecified atom stereocenters. The van der Waals surface area contributed by atoms with Gasteiger partial charge in [-0.3, -0.25) is 24.1 Å². The van der Waals surface area contributed by atoms with Crippen molar-refractivity contribution in [3.63, 3.8) is 0 Å². The fraction of sp³-hybridized carbons (Fsp3) is 0.185. The first-order valence-corrected chi connectivity index (χ1v) is 13.1. The van der Waals surface area contributed by atoms with Crippen LogP contribution < -0.4 is 10.2 Å². The maximum atomic E-state index is 13.1. The molecule has 3 aromatic carbocycles. The van der Waals surface area contributed by atoms with Crippen molar-refractivity contribution in [3.05, 3.63) is 72.8 Å². The van der Waals surface area contributed by atoms with E-state index in [0.717, 1.165) is 38.2 Å². The second-order valence-electron chi connectivity index (χ2n) is 8.29. The molecule has 0 saturated carbocycles. The molecule has 3 aromatic rings. The van der Waals surface area contributed by atoms with Crippen molar-refractivity contribution in [3.8, 4) is 0 Å². The minimum atomic E-state index is -0.597. The van der Waals surface area contributed by atoms with Crippen molar-refractivity contribution in [1.82, 2.24) is 4.90 Å². The summed E-state index contributed by atoms with van der Waals surface area (Å²) < 4.78 is 5.30. The molecule has 1 N–H and O–H groups in total. The van der Waals surface area contributed by atoms with Crippen molar-refractivity contribution < 1.29 is 23.9 Å². The third-order valence-corrected chi connectivity index (χ3v) is 7.71. The highest BCUT2D eigenvalue weighted by Gasteiger charge is 2.31. The molecule has 1 atom stereocenters. The lowest BCUT2D eigenvalue weighted by molar-refractivity contribution is -0.148. The molecule has 0 radical (unpaired) electrons. The quantitative estimate of drug-likeness (QED) is 0.378. The zero-order valence-electron chi connectivity index (χ0n) is 20.2. The molecular formula is C27H25N3O5S2. The summed E-state index contributed by atoms with van der Waals surface area (Å²) in [5, 5.41) is 2.21. The number of thioether (sulfide) groups is 1. The Kier molecular flexibility index (Phi) is 8.52. The molecule has 0 fully saturated rings. The third-order valence-electron chi connectivity index (χ3n) is 5.31. The second-order valence-corrected chi connectivity index (χ2v) is 10.6. The lowest BCUT2D eigenvalue weighted by Gasteiger charge is -2.30. The highest BCUT2D eigenvalue weighted by molar-refractivity contribution is 8.01. The Balaban J connectivity index is 0.000000586. The Morgan fingerprint density at radius 1 is 0.946 bits per heavy atom. The van der Waals surface area contributed by atoms with Gasteiger partial charge in [0.25, 0.3) is 5.91 Å². The molecule has 0 aromatic heterocycles. The Labute approximate surface area is 223 Å². The number of amides is 3. The molecule has 5 rings (SSSR count). The van der Waals surface area contributed by atoms with E-state index in [1.807, 2.05) is 72.8 Å². The largest absolute Gasteiger partial charge is 0.455 e. The lowest BCUT2D eigenvalue weighted by Crippen LogP contribution is -2.34. The summed E-state index contributed by atoms with van der Waals surface area (Å²) in [6.45, 7) is -0.401. The van der Waals surface area contributed by atoms with E-state index in [1.54, 1.807) is 30.8 Å². The number of rotatable bonds is 5. The number of fused-ring (bicyclic) bond motifs is 3. The predicted molar refractivity (Wildman–Crippen MR) is 144 cm³/mol. The summed E-state index contributed by atoms with van der Waals surface area (Å²) >= 11 is 2.92. The van der Waals surface area contributed by atoms with E-state index in [9.17, 15) is 19.2 Å². The molecule has 2 aliphatic rings. The highest BCUT2D eigenvalue weighted by atomic mass is 32.2. The summed E-state index contributed by atoms with van der Waals surface area (Å²) in [4.78, 5) is 53.2. The fourth-order valence-electron chi connectivity index (χ4n) is 3.62. The Bertz CT molecular complexity index is 1290. The van der Waals surface area contributed by atoms with Gasteiger partial charge in [0, 0.05) is 28.8 Å². The number of hydrogen-bond acceptors (Lipinski definition) is 7. The summed E-state index contributed by atoms with van der Waals surface area (Å²) in [6.07, 6.45) is 0.640. The number of esters is 1. The van der Waals surface area contributed by atoms with E-state index < -0.39 is 17.8 Å². The number of carbonyl (C=O) groups is 4. The van der Waals surface area contributed by atoms with Crippen LogP contribution in [-0.4, -0.2) is 55.0 Å². The van der Waals surface area contributed by atoms with E-state index in [-0.39, 0.29) is 18.2 Å². The molecule has 0 aliphatic carbocycles. The molecule has 190 valence electrons. The molecule has 10 heteroatoms. The van der Waals surface area contributed by atoms with Crippen LogP contribution in [0.2, 0.25) is 0 Å². The van der Waals surface area contributed by atoms with Crippen LogP contribution in [0, 0.1) is 0 Å². The summed E-state index contributed by atoms with van der Waals surface area (Å²) in [6, 6.07) is 22.7. The van der Waals surface area contributed by atoms with Gasteiger partial charge in [-0.25, -0.2) is 0 Å². The van der Waals surface area contributed by atoms with Crippen LogP contribution in [0.25, 0.3) is 0 Å². The number of benzene rings is 3. The third kappa shape index (κ3) is 6.33. The zero-order valence-corrected chi connectivity index (χ0v) is 21.9.